The molecule has 0 aliphatic heterocycles. The smallest absolute Gasteiger partial charge is 0.249 e. The molecule has 5 nitrogen and oxygen atoms in total. The second-order valence-electron chi connectivity index (χ2n) is 4.58. The topological polar surface area (TPSA) is 95.4 Å². The summed E-state index contributed by atoms with van der Waals surface area (Å²) < 4.78 is 5.43. The lowest BCUT2D eigenvalue weighted by atomic mass is 9.96. The zero-order valence-corrected chi connectivity index (χ0v) is 11.3. The van der Waals surface area contributed by atoms with E-state index in [0.717, 1.165) is 0 Å². The summed E-state index contributed by atoms with van der Waals surface area (Å²) in [5.74, 6) is -1.11. The maximum atomic E-state index is 11.4. The first kappa shape index (κ1) is 15.2. The van der Waals surface area contributed by atoms with E-state index in [1.807, 2.05) is 13.8 Å². The Balaban J connectivity index is 2.89. The predicted molar refractivity (Wildman–Crippen MR) is 72.9 cm³/mol. The lowest BCUT2D eigenvalue weighted by Gasteiger charge is -2.12. The number of benzene rings is 1. The summed E-state index contributed by atoms with van der Waals surface area (Å²) in [6.07, 6.45) is 1.38. The van der Waals surface area contributed by atoms with Crippen molar-refractivity contribution < 1.29 is 14.3 Å². The number of amides is 2. The molecule has 0 fully saturated rings. The minimum absolute atomic E-state index is 0.155. The largest absolute Gasteiger partial charge is 0.379 e. The highest BCUT2D eigenvalue weighted by Gasteiger charge is 2.15. The number of ether oxygens (including phenoxy) is 1. The zero-order valence-electron chi connectivity index (χ0n) is 11.3. The Kier molecular flexibility index (Phi) is 5.51. The highest BCUT2D eigenvalue weighted by Crippen LogP contribution is 2.17. The molecule has 0 unspecified atom stereocenters. The van der Waals surface area contributed by atoms with Crippen LogP contribution in [-0.2, 0) is 11.2 Å². The van der Waals surface area contributed by atoms with Gasteiger partial charge >= 0.3 is 0 Å². The number of carbonyl (C=O) groups is 2. The molecular weight excluding hydrogens is 244 g/mol. The summed E-state index contributed by atoms with van der Waals surface area (Å²) in [5.41, 5.74) is 11.9. The molecule has 19 heavy (non-hydrogen) atoms. The van der Waals surface area contributed by atoms with Crippen molar-refractivity contribution in [1.82, 2.24) is 0 Å². The van der Waals surface area contributed by atoms with Crippen molar-refractivity contribution in [2.24, 2.45) is 11.5 Å². The van der Waals surface area contributed by atoms with E-state index < -0.39 is 11.8 Å². The molecule has 0 aromatic heterocycles. The second-order valence-corrected chi connectivity index (χ2v) is 4.58. The summed E-state index contributed by atoms with van der Waals surface area (Å²) in [4.78, 5) is 22.8. The van der Waals surface area contributed by atoms with Gasteiger partial charge in [-0.3, -0.25) is 9.59 Å². The van der Waals surface area contributed by atoms with E-state index >= 15 is 0 Å². The first-order chi connectivity index (χ1) is 8.93. The third-order valence-corrected chi connectivity index (χ3v) is 2.73. The summed E-state index contributed by atoms with van der Waals surface area (Å²) in [6.45, 7) is 4.46. The molecule has 0 radical (unpaired) electrons. The molecule has 0 aliphatic rings. The Hall–Kier alpha value is -1.88. The molecule has 1 aromatic carbocycles. The average Bonchev–Trinajstić information content (AvgIpc) is 2.33. The molecule has 0 heterocycles. The fourth-order valence-corrected chi connectivity index (χ4v) is 1.89. The van der Waals surface area contributed by atoms with Gasteiger partial charge in [0.15, 0.2) is 0 Å². The first-order valence-electron chi connectivity index (χ1n) is 6.26. The highest BCUT2D eigenvalue weighted by atomic mass is 16.5. The van der Waals surface area contributed by atoms with E-state index in [4.69, 9.17) is 16.2 Å². The van der Waals surface area contributed by atoms with Gasteiger partial charge in [-0.15, -0.1) is 0 Å². The number of rotatable bonds is 7. The van der Waals surface area contributed by atoms with Gasteiger partial charge in [-0.05, 0) is 44.4 Å². The molecule has 2 amide bonds. The number of hydrogen-bond acceptors (Lipinski definition) is 3. The molecule has 5 heteroatoms. The van der Waals surface area contributed by atoms with Crippen molar-refractivity contribution in [3.05, 3.63) is 34.9 Å². The first-order valence-corrected chi connectivity index (χ1v) is 6.26. The van der Waals surface area contributed by atoms with Crippen molar-refractivity contribution in [1.29, 1.82) is 0 Å². The normalized spacial score (nSPS) is 10.7. The van der Waals surface area contributed by atoms with E-state index in [1.54, 1.807) is 18.2 Å². The van der Waals surface area contributed by atoms with Gasteiger partial charge in [0.1, 0.15) is 0 Å². The van der Waals surface area contributed by atoms with Crippen molar-refractivity contribution in [2.75, 3.05) is 6.61 Å². The van der Waals surface area contributed by atoms with Crippen molar-refractivity contribution in [2.45, 2.75) is 32.8 Å². The number of carbonyl (C=O) groups excluding carboxylic acids is 2. The Morgan fingerprint density at radius 3 is 2.11 bits per heavy atom. The molecule has 0 saturated carbocycles. The molecule has 0 bridgehead atoms. The Labute approximate surface area is 112 Å². The maximum absolute atomic E-state index is 11.4. The molecule has 104 valence electrons. The fourth-order valence-electron chi connectivity index (χ4n) is 1.89. The average molecular weight is 264 g/mol. The maximum Gasteiger partial charge on any atom is 0.249 e. The van der Waals surface area contributed by atoms with Crippen LogP contribution in [0.2, 0.25) is 0 Å². The Morgan fingerprint density at radius 1 is 1.16 bits per heavy atom. The molecule has 0 aliphatic carbocycles. The molecule has 0 saturated heterocycles. The van der Waals surface area contributed by atoms with Gasteiger partial charge in [0.05, 0.1) is 6.10 Å². The summed E-state index contributed by atoms with van der Waals surface area (Å²) >= 11 is 0. The lowest BCUT2D eigenvalue weighted by Crippen LogP contribution is -2.20. The monoisotopic (exact) mass is 264 g/mol. The third-order valence-electron chi connectivity index (χ3n) is 2.73. The predicted octanol–water partition coefficient (Wildman–Crippen LogP) is 1.24. The molecule has 0 spiro atoms. The van der Waals surface area contributed by atoms with E-state index in [-0.39, 0.29) is 6.10 Å². The second kappa shape index (κ2) is 6.89. The highest BCUT2D eigenvalue weighted by molar-refractivity contribution is 6.00. The van der Waals surface area contributed by atoms with Crippen LogP contribution in [0.5, 0.6) is 0 Å². The van der Waals surface area contributed by atoms with E-state index in [0.29, 0.717) is 36.1 Å². The third kappa shape index (κ3) is 4.37. The van der Waals surface area contributed by atoms with Crippen molar-refractivity contribution >= 4 is 11.8 Å². The van der Waals surface area contributed by atoms with E-state index in [1.165, 1.54) is 0 Å². The molecule has 1 rings (SSSR count). The number of hydrogen-bond donors (Lipinski definition) is 2. The minimum atomic E-state index is -0.553. The molecule has 4 N–H and O–H groups in total. The van der Waals surface area contributed by atoms with Gasteiger partial charge in [-0.25, -0.2) is 0 Å². The Bertz CT molecular complexity index is 438. The van der Waals surface area contributed by atoms with E-state index in [2.05, 4.69) is 0 Å². The molecule has 1 aromatic rings. The van der Waals surface area contributed by atoms with Crippen LogP contribution in [0.25, 0.3) is 0 Å². The molecule has 0 atom stereocenters. The number of primary amides is 2. The summed E-state index contributed by atoms with van der Waals surface area (Å²) in [7, 11) is 0. The van der Waals surface area contributed by atoms with Crippen LogP contribution >= 0.6 is 0 Å². The van der Waals surface area contributed by atoms with Crippen molar-refractivity contribution in [3.8, 4) is 0 Å². The van der Waals surface area contributed by atoms with Crippen LogP contribution < -0.4 is 11.5 Å². The van der Waals surface area contributed by atoms with Gasteiger partial charge in [-0.2, -0.15) is 0 Å². The zero-order chi connectivity index (χ0) is 14.4. The van der Waals surface area contributed by atoms with Gasteiger partial charge in [0, 0.05) is 17.7 Å². The SMILES string of the molecule is CC(C)OCCCc1c(C(N)=O)cccc1C(N)=O. The molecular formula is C14H20N2O3. The minimum Gasteiger partial charge on any atom is -0.379 e. The summed E-state index contributed by atoms with van der Waals surface area (Å²) in [5, 5.41) is 0. The quantitative estimate of drug-likeness (QED) is 0.725. The fraction of sp³-hybridized carbons (Fsp3) is 0.429. The van der Waals surface area contributed by atoms with Crippen LogP contribution in [0.4, 0.5) is 0 Å². The van der Waals surface area contributed by atoms with Crippen LogP contribution in [-0.4, -0.2) is 24.5 Å². The summed E-state index contributed by atoms with van der Waals surface area (Å²) in [6, 6.07) is 4.81. The van der Waals surface area contributed by atoms with Crippen molar-refractivity contribution in [3.63, 3.8) is 0 Å². The van der Waals surface area contributed by atoms with Crippen LogP contribution in [0.1, 0.15) is 46.5 Å². The van der Waals surface area contributed by atoms with Gasteiger partial charge in [-0.1, -0.05) is 6.07 Å². The van der Waals surface area contributed by atoms with Crippen LogP contribution in [0, 0.1) is 0 Å². The van der Waals surface area contributed by atoms with Crippen LogP contribution in [0.3, 0.4) is 0 Å². The van der Waals surface area contributed by atoms with E-state index in [9.17, 15) is 9.59 Å². The standard InChI is InChI=1S/C14H20N2O3/c1-9(2)19-8-4-7-10-11(13(15)17)5-3-6-12(10)14(16)18/h3,5-6,9H,4,7-8H2,1-2H3,(H2,15,17)(H2,16,18). The number of nitrogens with two attached hydrogens (primary N) is 2. The van der Waals surface area contributed by atoms with Gasteiger partial charge < -0.3 is 16.2 Å². The van der Waals surface area contributed by atoms with Gasteiger partial charge in [0.2, 0.25) is 11.8 Å². The van der Waals surface area contributed by atoms with Gasteiger partial charge in [0.25, 0.3) is 0 Å². The Morgan fingerprint density at radius 2 is 1.68 bits per heavy atom. The lowest BCUT2D eigenvalue weighted by molar-refractivity contribution is 0.0769. The van der Waals surface area contributed by atoms with Crippen LogP contribution in [0.15, 0.2) is 18.2 Å².